The molecule has 0 unspecified atom stereocenters. The largest absolute Gasteiger partial charge is 0.481 e. The van der Waals surface area contributed by atoms with Crippen LogP contribution in [0.1, 0.15) is 31.7 Å². The molecule has 1 aromatic carbocycles. The normalized spacial score (nSPS) is 10.7. The van der Waals surface area contributed by atoms with E-state index in [1.54, 1.807) is 0 Å². The van der Waals surface area contributed by atoms with Crippen molar-refractivity contribution in [3.8, 4) is 0 Å². The number of nitrogens with two attached hydrogens (primary N) is 1. The van der Waals surface area contributed by atoms with Crippen LogP contribution in [0.25, 0.3) is 0 Å². The van der Waals surface area contributed by atoms with Gasteiger partial charge in [0, 0.05) is 25.3 Å². The molecule has 3 N–H and O–H groups in total. The molecule has 0 saturated heterocycles. The van der Waals surface area contributed by atoms with Gasteiger partial charge in [-0.05, 0) is 23.6 Å². The van der Waals surface area contributed by atoms with E-state index < -0.39 is 5.97 Å². The van der Waals surface area contributed by atoms with Gasteiger partial charge >= 0.3 is 5.97 Å². The lowest BCUT2D eigenvalue weighted by Gasteiger charge is -2.24. The molecule has 100 valence electrons. The highest BCUT2D eigenvalue weighted by Gasteiger charge is 2.08. The van der Waals surface area contributed by atoms with E-state index in [1.165, 1.54) is 5.56 Å². The van der Waals surface area contributed by atoms with Gasteiger partial charge in [-0.3, -0.25) is 4.79 Å². The molecule has 0 aliphatic carbocycles. The van der Waals surface area contributed by atoms with Gasteiger partial charge in [0.1, 0.15) is 0 Å². The summed E-state index contributed by atoms with van der Waals surface area (Å²) in [6.45, 7) is 5.99. The minimum absolute atomic E-state index is 0.131. The van der Waals surface area contributed by atoms with Gasteiger partial charge in [-0.1, -0.05) is 26.0 Å². The van der Waals surface area contributed by atoms with Crippen LogP contribution in [0, 0.1) is 0 Å². The zero-order valence-corrected chi connectivity index (χ0v) is 11.1. The number of rotatable bonds is 7. The Labute approximate surface area is 108 Å². The Morgan fingerprint density at radius 1 is 1.28 bits per heavy atom. The van der Waals surface area contributed by atoms with Crippen molar-refractivity contribution in [1.82, 2.24) is 0 Å². The van der Waals surface area contributed by atoms with Gasteiger partial charge in [-0.25, -0.2) is 0 Å². The third-order valence-corrected chi connectivity index (χ3v) is 2.92. The predicted octanol–water partition coefficient (Wildman–Crippen LogP) is 2.05. The molecule has 0 atom stereocenters. The van der Waals surface area contributed by atoms with Crippen LogP contribution in [-0.2, 0) is 4.79 Å². The molecule has 0 spiro atoms. The molecule has 0 bridgehead atoms. The van der Waals surface area contributed by atoms with E-state index in [1.807, 2.05) is 17.0 Å². The quantitative estimate of drug-likeness (QED) is 0.777. The monoisotopic (exact) mass is 250 g/mol. The summed E-state index contributed by atoms with van der Waals surface area (Å²) in [5.41, 5.74) is 7.88. The molecule has 0 saturated carbocycles. The molecule has 4 nitrogen and oxygen atoms in total. The van der Waals surface area contributed by atoms with Crippen molar-refractivity contribution in [3.05, 3.63) is 29.8 Å². The highest BCUT2D eigenvalue weighted by atomic mass is 16.4. The summed E-state index contributed by atoms with van der Waals surface area (Å²) < 4.78 is 0. The van der Waals surface area contributed by atoms with E-state index in [4.69, 9.17) is 10.8 Å². The van der Waals surface area contributed by atoms with Crippen molar-refractivity contribution in [3.63, 3.8) is 0 Å². The standard InChI is InChI=1S/C14H22N2O2/c1-11(2)12-3-5-13(6-4-12)16(10-8-15)9-7-14(17)18/h3-6,11H,7-10,15H2,1-2H3,(H,17,18). The maximum absolute atomic E-state index is 10.6. The van der Waals surface area contributed by atoms with Crippen molar-refractivity contribution in [2.75, 3.05) is 24.5 Å². The Balaban J connectivity index is 2.75. The summed E-state index contributed by atoms with van der Waals surface area (Å²) in [5.74, 6) is -0.281. The first kappa shape index (κ1) is 14.5. The number of aliphatic carboxylic acids is 1. The summed E-state index contributed by atoms with van der Waals surface area (Å²) in [6, 6.07) is 8.24. The molecule has 0 aromatic heterocycles. The Kier molecular flexibility index (Phi) is 5.65. The lowest BCUT2D eigenvalue weighted by molar-refractivity contribution is -0.136. The van der Waals surface area contributed by atoms with Crippen molar-refractivity contribution in [2.24, 2.45) is 5.73 Å². The molecule has 1 aromatic rings. The zero-order valence-electron chi connectivity index (χ0n) is 11.1. The van der Waals surface area contributed by atoms with Gasteiger partial charge in [0.25, 0.3) is 0 Å². The Hall–Kier alpha value is -1.55. The fraction of sp³-hybridized carbons (Fsp3) is 0.500. The SMILES string of the molecule is CC(C)c1ccc(N(CCN)CCC(=O)O)cc1. The number of hydrogen-bond acceptors (Lipinski definition) is 3. The average molecular weight is 250 g/mol. The van der Waals surface area contributed by atoms with Gasteiger partial charge in [0.15, 0.2) is 0 Å². The molecule has 0 radical (unpaired) electrons. The number of benzene rings is 1. The number of anilines is 1. The second kappa shape index (κ2) is 7.01. The number of hydrogen-bond donors (Lipinski definition) is 2. The van der Waals surface area contributed by atoms with Crippen molar-refractivity contribution in [2.45, 2.75) is 26.2 Å². The van der Waals surface area contributed by atoms with Crippen LogP contribution in [-0.4, -0.2) is 30.7 Å². The van der Waals surface area contributed by atoms with Crippen molar-refractivity contribution in [1.29, 1.82) is 0 Å². The Bertz CT molecular complexity index is 374. The van der Waals surface area contributed by atoms with Crippen LogP contribution in [0.3, 0.4) is 0 Å². The maximum Gasteiger partial charge on any atom is 0.305 e. The van der Waals surface area contributed by atoms with Crippen molar-refractivity contribution < 1.29 is 9.90 Å². The molecular formula is C14H22N2O2. The topological polar surface area (TPSA) is 66.6 Å². The van der Waals surface area contributed by atoms with Gasteiger partial charge < -0.3 is 15.7 Å². The average Bonchev–Trinajstić information content (AvgIpc) is 2.34. The van der Waals surface area contributed by atoms with Gasteiger partial charge in [-0.2, -0.15) is 0 Å². The van der Waals surface area contributed by atoms with E-state index in [0.717, 1.165) is 5.69 Å². The smallest absolute Gasteiger partial charge is 0.305 e. The fourth-order valence-corrected chi connectivity index (χ4v) is 1.83. The lowest BCUT2D eigenvalue weighted by atomic mass is 10.0. The zero-order chi connectivity index (χ0) is 13.5. The van der Waals surface area contributed by atoms with Crippen LogP contribution in [0.15, 0.2) is 24.3 Å². The molecular weight excluding hydrogens is 228 g/mol. The molecule has 1 rings (SSSR count). The van der Waals surface area contributed by atoms with Crippen LogP contribution in [0.2, 0.25) is 0 Å². The minimum Gasteiger partial charge on any atom is -0.481 e. The molecule has 0 heterocycles. The highest BCUT2D eigenvalue weighted by molar-refractivity contribution is 5.67. The third-order valence-electron chi connectivity index (χ3n) is 2.92. The van der Waals surface area contributed by atoms with E-state index in [0.29, 0.717) is 25.6 Å². The first-order chi connectivity index (χ1) is 8.54. The highest BCUT2D eigenvalue weighted by Crippen LogP contribution is 2.20. The summed E-state index contributed by atoms with van der Waals surface area (Å²) in [6.07, 6.45) is 0.131. The molecule has 0 fully saturated rings. The summed E-state index contributed by atoms with van der Waals surface area (Å²) in [5, 5.41) is 8.74. The molecule has 0 amide bonds. The minimum atomic E-state index is -0.782. The Morgan fingerprint density at radius 3 is 2.33 bits per heavy atom. The van der Waals surface area contributed by atoms with Crippen LogP contribution in [0.5, 0.6) is 0 Å². The van der Waals surface area contributed by atoms with E-state index >= 15 is 0 Å². The fourth-order valence-electron chi connectivity index (χ4n) is 1.83. The van der Waals surface area contributed by atoms with Gasteiger partial charge in [0.2, 0.25) is 0 Å². The predicted molar refractivity (Wildman–Crippen MR) is 74.1 cm³/mol. The van der Waals surface area contributed by atoms with Crippen molar-refractivity contribution >= 4 is 11.7 Å². The molecule has 18 heavy (non-hydrogen) atoms. The molecule has 0 aliphatic heterocycles. The van der Waals surface area contributed by atoms with Gasteiger partial charge in [-0.15, -0.1) is 0 Å². The van der Waals surface area contributed by atoms with E-state index in [9.17, 15) is 4.79 Å². The second-order valence-electron chi connectivity index (χ2n) is 4.67. The maximum atomic E-state index is 10.6. The summed E-state index contributed by atoms with van der Waals surface area (Å²) in [4.78, 5) is 12.6. The number of nitrogens with zero attached hydrogens (tertiary/aromatic N) is 1. The van der Waals surface area contributed by atoms with E-state index in [-0.39, 0.29) is 6.42 Å². The third kappa shape index (κ3) is 4.37. The second-order valence-corrected chi connectivity index (χ2v) is 4.67. The number of carboxylic acid groups (broad SMARTS) is 1. The van der Waals surface area contributed by atoms with Crippen LogP contribution in [0.4, 0.5) is 5.69 Å². The molecule has 4 heteroatoms. The van der Waals surface area contributed by atoms with Crippen LogP contribution >= 0.6 is 0 Å². The number of carboxylic acids is 1. The number of carbonyl (C=O) groups is 1. The van der Waals surface area contributed by atoms with Crippen LogP contribution < -0.4 is 10.6 Å². The van der Waals surface area contributed by atoms with Gasteiger partial charge in [0.05, 0.1) is 6.42 Å². The first-order valence-corrected chi connectivity index (χ1v) is 6.31. The summed E-state index contributed by atoms with van der Waals surface area (Å²) >= 11 is 0. The van der Waals surface area contributed by atoms with E-state index in [2.05, 4.69) is 26.0 Å². The Morgan fingerprint density at radius 2 is 1.89 bits per heavy atom. The first-order valence-electron chi connectivity index (χ1n) is 6.31. The molecule has 0 aliphatic rings. The summed E-state index contributed by atoms with van der Waals surface area (Å²) in [7, 11) is 0. The lowest BCUT2D eigenvalue weighted by Crippen LogP contribution is -2.31.